The third-order valence-corrected chi connectivity index (χ3v) is 1.96. The summed E-state index contributed by atoms with van der Waals surface area (Å²) in [5.41, 5.74) is 0.979. The zero-order chi connectivity index (χ0) is 9.84. The Morgan fingerprint density at radius 3 is 2.77 bits per heavy atom. The van der Waals surface area contributed by atoms with Crippen molar-refractivity contribution in [3.63, 3.8) is 0 Å². The monoisotopic (exact) mass is 200 g/mol. The highest BCUT2D eigenvalue weighted by atomic mass is 35.5. The van der Waals surface area contributed by atoms with Gasteiger partial charge in [0.15, 0.2) is 0 Å². The summed E-state index contributed by atoms with van der Waals surface area (Å²) in [7, 11) is 0. The standard InChI is InChI=1S/C10H13ClO2/c1-7-5-9(11)3-4-10(7)13-8(2)6-12/h3-5,8,12H,6H2,1-2H3. The van der Waals surface area contributed by atoms with Gasteiger partial charge >= 0.3 is 0 Å². The highest BCUT2D eigenvalue weighted by molar-refractivity contribution is 6.30. The SMILES string of the molecule is Cc1cc(Cl)ccc1OC(C)CO. The van der Waals surface area contributed by atoms with Gasteiger partial charge in [0.1, 0.15) is 11.9 Å². The molecule has 3 heteroatoms. The number of aryl methyl sites for hydroxylation is 1. The Hall–Kier alpha value is -0.730. The second-order valence-electron chi connectivity index (χ2n) is 3.02. The lowest BCUT2D eigenvalue weighted by Gasteiger charge is -2.13. The average Bonchev–Trinajstić information content (AvgIpc) is 2.09. The molecule has 1 rings (SSSR count). The molecule has 0 saturated heterocycles. The zero-order valence-corrected chi connectivity index (χ0v) is 8.51. The van der Waals surface area contributed by atoms with Crippen LogP contribution in [0.3, 0.4) is 0 Å². The molecule has 0 aromatic heterocycles. The minimum absolute atomic E-state index is 0.0159. The van der Waals surface area contributed by atoms with Gasteiger partial charge in [-0.25, -0.2) is 0 Å². The lowest BCUT2D eigenvalue weighted by molar-refractivity contribution is 0.129. The number of rotatable bonds is 3. The van der Waals surface area contributed by atoms with Gasteiger partial charge in [0.25, 0.3) is 0 Å². The zero-order valence-electron chi connectivity index (χ0n) is 7.75. The Kier molecular flexibility index (Phi) is 3.58. The van der Waals surface area contributed by atoms with E-state index >= 15 is 0 Å². The van der Waals surface area contributed by atoms with Crippen LogP contribution in [0.4, 0.5) is 0 Å². The summed E-state index contributed by atoms with van der Waals surface area (Å²) in [5.74, 6) is 0.769. The molecule has 1 N–H and O–H groups in total. The Bertz CT molecular complexity index is 286. The summed E-state index contributed by atoms with van der Waals surface area (Å²) in [6.45, 7) is 3.75. The number of hydrogen-bond acceptors (Lipinski definition) is 2. The van der Waals surface area contributed by atoms with Gasteiger partial charge in [0.2, 0.25) is 0 Å². The molecule has 0 aliphatic rings. The molecule has 0 bridgehead atoms. The van der Waals surface area contributed by atoms with E-state index in [0.717, 1.165) is 11.3 Å². The molecular formula is C10H13ClO2. The van der Waals surface area contributed by atoms with Crippen LogP contribution in [0.1, 0.15) is 12.5 Å². The largest absolute Gasteiger partial charge is 0.488 e. The molecule has 0 saturated carbocycles. The molecule has 0 aliphatic carbocycles. The minimum atomic E-state index is -0.181. The number of halogens is 1. The highest BCUT2D eigenvalue weighted by Crippen LogP contribution is 2.22. The van der Waals surface area contributed by atoms with Gasteiger partial charge in [-0.1, -0.05) is 11.6 Å². The van der Waals surface area contributed by atoms with E-state index in [4.69, 9.17) is 21.4 Å². The summed E-state index contributed by atoms with van der Waals surface area (Å²) in [6, 6.07) is 5.42. The van der Waals surface area contributed by atoms with Crippen LogP contribution in [-0.4, -0.2) is 17.8 Å². The van der Waals surface area contributed by atoms with Gasteiger partial charge in [0, 0.05) is 5.02 Å². The Morgan fingerprint density at radius 1 is 1.54 bits per heavy atom. The van der Waals surface area contributed by atoms with E-state index in [2.05, 4.69) is 0 Å². The van der Waals surface area contributed by atoms with Crippen molar-refractivity contribution in [2.24, 2.45) is 0 Å². The lowest BCUT2D eigenvalue weighted by Crippen LogP contribution is -2.16. The molecule has 0 heterocycles. The van der Waals surface area contributed by atoms with Crippen LogP contribution in [0.25, 0.3) is 0 Å². The summed E-state index contributed by atoms with van der Waals surface area (Å²) >= 11 is 5.78. The van der Waals surface area contributed by atoms with Crippen molar-refractivity contribution < 1.29 is 9.84 Å². The first-order chi connectivity index (χ1) is 6.13. The van der Waals surface area contributed by atoms with Crippen LogP contribution >= 0.6 is 11.6 Å². The highest BCUT2D eigenvalue weighted by Gasteiger charge is 2.04. The van der Waals surface area contributed by atoms with E-state index in [1.54, 1.807) is 6.07 Å². The predicted octanol–water partition coefficient (Wildman–Crippen LogP) is 2.41. The van der Waals surface area contributed by atoms with E-state index in [9.17, 15) is 0 Å². The second-order valence-corrected chi connectivity index (χ2v) is 3.46. The van der Waals surface area contributed by atoms with Crippen LogP contribution in [0, 0.1) is 6.92 Å². The van der Waals surface area contributed by atoms with E-state index < -0.39 is 0 Å². The Labute approximate surface area is 83.1 Å². The molecule has 72 valence electrons. The molecule has 1 unspecified atom stereocenters. The first kappa shape index (κ1) is 10.4. The maximum Gasteiger partial charge on any atom is 0.122 e. The van der Waals surface area contributed by atoms with Gasteiger partial charge < -0.3 is 9.84 Å². The van der Waals surface area contributed by atoms with Gasteiger partial charge in [0.05, 0.1) is 6.61 Å². The third kappa shape index (κ3) is 2.90. The number of aliphatic hydroxyl groups excluding tert-OH is 1. The van der Waals surface area contributed by atoms with Gasteiger partial charge in [-0.2, -0.15) is 0 Å². The summed E-state index contributed by atoms with van der Waals surface area (Å²) in [6.07, 6.45) is -0.181. The molecule has 2 nitrogen and oxygen atoms in total. The Balaban J connectivity index is 2.77. The molecule has 0 amide bonds. The molecular weight excluding hydrogens is 188 g/mol. The number of aliphatic hydroxyl groups is 1. The fourth-order valence-electron chi connectivity index (χ4n) is 0.999. The van der Waals surface area contributed by atoms with Crippen molar-refractivity contribution in [3.05, 3.63) is 28.8 Å². The van der Waals surface area contributed by atoms with Crippen molar-refractivity contribution in [1.82, 2.24) is 0 Å². The van der Waals surface area contributed by atoms with Crippen LogP contribution in [0.2, 0.25) is 5.02 Å². The van der Waals surface area contributed by atoms with Crippen LogP contribution in [0.15, 0.2) is 18.2 Å². The van der Waals surface area contributed by atoms with E-state index in [1.165, 1.54) is 0 Å². The molecule has 13 heavy (non-hydrogen) atoms. The Morgan fingerprint density at radius 2 is 2.23 bits per heavy atom. The smallest absolute Gasteiger partial charge is 0.122 e. The van der Waals surface area contributed by atoms with Crippen LogP contribution < -0.4 is 4.74 Å². The van der Waals surface area contributed by atoms with Crippen molar-refractivity contribution in [2.45, 2.75) is 20.0 Å². The summed E-state index contributed by atoms with van der Waals surface area (Å²) in [4.78, 5) is 0. The number of ether oxygens (including phenoxy) is 1. The quantitative estimate of drug-likeness (QED) is 0.812. The van der Waals surface area contributed by atoms with E-state index in [0.29, 0.717) is 5.02 Å². The van der Waals surface area contributed by atoms with Gasteiger partial charge in [-0.3, -0.25) is 0 Å². The van der Waals surface area contributed by atoms with Crippen molar-refractivity contribution in [1.29, 1.82) is 0 Å². The van der Waals surface area contributed by atoms with Gasteiger partial charge in [-0.15, -0.1) is 0 Å². The van der Waals surface area contributed by atoms with Crippen molar-refractivity contribution in [3.8, 4) is 5.75 Å². The van der Waals surface area contributed by atoms with Crippen LogP contribution in [-0.2, 0) is 0 Å². The molecule has 0 aliphatic heterocycles. The summed E-state index contributed by atoms with van der Waals surface area (Å²) in [5, 5.41) is 9.49. The normalized spacial score (nSPS) is 12.6. The lowest BCUT2D eigenvalue weighted by atomic mass is 10.2. The third-order valence-electron chi connectivity index (χ3n) is 1.72. The molecule has 0 spiro atoms. The number of benzene rings is 1. The fraction of sp³-hybridized carbons (Fsp3) is 0.400. The fourth-order valence-corrected chi connectivity index (χ4v) is 1.23. The first-order valence-corrected chi connectivity index (χ1v) is 4.55. The molecule has 1 aromatic carbocycles. The second kappa shape index (κ2) is 4.49. The first-order valence-electron chi connectivity index (χ1n) is 4.17. The maximum absolute atomic E-state index is 8.79. The maximum atomic E-state index is 8.79. The average molecular weight is 201 g/mol. The van der Waals surface area contributed by atoms with Gasteiger partial charge in [-0.05, 0) is 37.6 Å². The van der Waals surface area contributed by atoms with E-state index in [1.807, 2.05) is 26.0 Å². The number of hydrogen-bond donors (Lipinski definition) is 1. The molecule has 1 aromatic rings. The molecule has 1 atom stereocenters. The van der Waals surface area contributed by atoms with Crippen molar-refractivity contribution in [2.75, 3.05) is 6.61 Å². The topological polar surface area (TPSA) is 29.5 Å². The minimum Gasteiger partial charge on any atom is -0.488 e. The van der Waals surface area contributed by atoms with Crippen LogP contribution in [0.5, 0.6) is 5.75 Å². The predicted molar refractivity (Wildman–Crippen MR) is 53.4 cm³/mol. The molecule has 0 fully saturated rings. The van der Waals surface area contributed by atoms with E-state index in [-0.39, 0.29) is 12.7 Å². The van der Waals surface area contributed by atoms with Crippen molar-refractivity contribution >= 4 is 11.6 Å². The summed E-state index contributed by atoms with van der Waals surface area (Å²) < 4.78 is 5.44. The molecule has 0 radical (unpaired) electrons.